The zero-order chi connectivity index (χ0) is 8.27. The molecule has 1 rings (SSSR count). The van der Waals surface area contributed by atoms with E-state index in [2.05, 4.69) is 9.97 Å². The lowest BCUT2D eigenvalue weighted by molar-refractivity contribution is 0.324. The molecule has 0 fully saturated rings. The van der Waals surface area contributed by atoms with Crippen molar-refractivity contribution in [2.75, 3.05) is 6.61 Å². The summed E-state index contributed by atoms with van der Waals surface area (Å²) in [6.45, 7) is 4.19. The van der Waals surface area contributed by atoms with Crippen molar-refractivity contribution in [1.29, 1.82) is 5.41 Å². The van der Waals surface area contributed by atoms with E-state index < -0.39 is 0 Å². The number of nitrogens with one attached hydrogen (secondary N) is 2. The largest absolute Gasteiger partial charge is 0.477 e. The van der Waals surface area contributed by atoms with E-state index in [1.165, 1.54) is 0 Å². The number of hydrogen-bond donors (Lipinski definition) is 2. The molecule has 0 unspecified atom stereocenters. The molecule has 0 aromatic carbocycles. The second kappa shape index (κ2) is 3.18. The monoisotopic (exact) mass is 153 g/mol. The first-order valence-electron chi connectivity index (χ1n) is 3.47. The second-order valence-electron chi connectivity index (χ2n) is 2.14. The number of rotatable bonds is 2. The molecule has 60 valence electrons. The Balaban J connectivity index is 2.69. The lowest BCUT2D eigenvalue weighted by atomic mass is 10.5. The third-order valence-electron chi connectivity index (χ3n) is 1.24. The molecule has 0 saturated carbocycles. The molecular formula is C7H11N3O. The molecule has 0 aliphatic rings. The fourth-order valence-corrected chi connectivity index (χ4v) is 0.758. The van der Waals surface area contributed by atoms with Gasteiger partial charge in [0.05, 0.1) is 12.8 Å². The molecule has 1 aromatic rings. The maximum absolute atomic E-state index is 7.35. The van der Waals surface area contributed by atoms with Gasteiger partial charge < -0.3 is 9.72 Å². The highest BCUT2D eigenvalue weighted by Crippen LogP contribution is 1.97. The number of nitrogens with zero attached hydrogens (tertiary/aromatic N) is 1. The molecule has 0 atom stereocenters. The van der Waals surface area contributed by atoms with Crippen molar-refractivity contribution < 1.29 is 4.74 Å². The Morgan fingerprint density at radius 1 is 1.82 bits per heavy atom. The predicted octanol–water partition coefficient (Wildman–Crippen LogP) is 1.08. The summed E-state index contributed by atoms with van der Waals surface area (Å²) >= 11 is 0. The highest BCUT2D eigenvalue weighted by molar-refractivity contribution is 5.89. The summed E-state index contributed by atoms with van der Waals surface area (Å²) in [6, 6.07) is 0. The normalized spacial score (nSPS) is 9.64. The van der Waals surface area contributed by atoms with Crippen molar-refractivity contribution in [1.82, 2.24) is 9.97 Å². The lowest BCUT2D eigenvalue weighted by Gasteiger charge is -1.99. The van der Waals surface area contributed by atoms with Gasteiger partial charge in [-0.05, 0) is 13.8 Å². The van der Waals surface area contributed by atoms with E-state index in [4.69, 9.17) is 10.1 Å². The molecular weight excluding hydrogens is 142 g/mol. The van der Waals surface area contributed by atoms with E-state index in [0.717, 1.165) is 5.82 Å². The quantitative estimate of drug-likeness (QED) is 0.493. The molecule has 4 nitrogen and oxygen atoms in total. The summed E-state index contributed by atoms with van der Waals surface area (Å²) in [5.74, 6) is 0.942. The van der Waals surface area contributed by atoms with Crippen molar-refractivity contribution in [3.63, 3.8) is 0 Å². The van der Waals surface area contributed by atoms with Gasteiger partial charge in [0.25, 0.3) is 0 Å². The van der Waals surface area contributed by atoms with E-state index in [9.17, 15) is 0 Å². The average Bonchev–Trinajstić information content (AvgIpc) is 2.36. The first kappa shape index (κ1) is 7.78. The van der Waals surface area contributed by atoms with Gasteiger partial charge in [-0.2, -0.15) is 0 Å². The van der Waals surface area contributed by atoms with Gasteiger partial charge >= 0.3 is 0 Å². The molecule has 0 bridgehead atoms. The number of aromatic nitrogens is 2. The van der Waals surface area contributed by atoms with Crippen LogP contribution in [0.1, 0.15) is 18.4 Å². The minimum absolute atomic E-state index is 0.146. The van der Waals surface area contributed by atoms with Gasteiger partial charge in [0.2, 0.25) is 5.90 Å². The summed E-state index contributed by atoms with van der Waals surface area (Å²) in [7, 11) is 0. The molecule has 4 heteroatoms. The maximum atomic E-state index is 7.35. The molecule has 1 heterocycles. The van der Waals surface area contributed by atoms with Crippen LogP contribution in [-0.2, 0) is 4.74 Å². The Morgan fingerprint density at radius 3 is 3.00 bits per heavy atom. The number of ether oxygens (including phenoxy) is 1. The van der Waals surface area contributed by atoms with Crippen molar-refractivity contribution in [2.24, 2.45) is 0 Å². The van der Waals surface area contributed by atoms with Gasteiger partial charge in [-0.3, -0.25) is 5.41 Å². The van der Waals surface area contributed by atoms with Gasteiger partial charge in [-0.1, -0.05) is 0 Å². The van der Waals surface area contributed by atoms with Crippen LogP contribution in [0.15, 0.2) is 6.20 Å². The van der Waals surface area contributed by atoms with Crippen LogP contribution in [0.25, 0.3) is 0 Å². The molecule has 11 heavy (non-hydrogen) atoms. The third kappa shape index (κ3) is 1.80. The number of aryl methyl sites for hydroxylation is 1. The van der Waals surface area contributed by atoms with Crippen LogP contribution in [-0.4, -0.2) is 22.5 Å². The molecule has 1 aromatic heterocycles. The SMILES string of the molecule is CCOC(=N)c1cnc(C)[nH]1. The van der Waals surface area contributed by atoms with Crippen LogP contribution in [0, 0.1) is 12.3 Å². The van der Waals surface area contributed by atoms with Gasteiger partial charge in [-0.25, -0.2) is 4.98 Å². The fraction of sp³-hybridized carbons (Fsp3) is 0.429. The van der Waals surface area contributed by atoms with Gasteiger partial charge in [0, 0.05) is 0 Å². The topological polar surface area (TPSA) is 61.8 Å². The smallest absolute Gasteiger partial charge is 0.231 e. The standard InChI is InChI=1S/C7H11N3O/c1-3-11-7(8)6-4-9-5(2)10-6/h4,8H,3H2,1-2H3,(H,9,10). The lowest BCUT2D eigenvalue weighted by Crippen LogP contribution is -2.04. The van der Waals surface area contributed by atoms with E-state index in [1.54, 1.807) is 6.20 Å². The number of H-pyrrole nitrogens is 1. The number of aromatic amines is 1. The van der Waals surface area contributed by atoms with Gasteiger partial charge in [0.1, 0.15) is 11.5 Å². The van der Waals surface area contributed by atoms with Crippen molar-refractivity contribution in [3.05, 3.63) is 17.7 Å². The molecule has 0 aliphatic carbocycles. The Morgan fingerprint density at radius 2 is 2.55 bits per heavy atom. The predicted molar refractivity (Wildman–Crippen MR) is 41.8 cm³/mol. The van der Waals surface area contributed by atoms with Crippen LogP contribution in [0.5, 0.6) is 0 Å². The minimum Gasteiger partial charge on any atom is -0.477 e. The first-order chi connectivity index (χ1) is 5.24. The molecule has 2 N–H and O–H groups in total. The van der Waals surface area contributed by atoms with E-state index in [0.29, 0.717) is 12.3 Å². The van der Waals surface area contributed by atoms with E-state index in [-0.39, 0.29) is 5.90 Å². The zero-order valence-corrected chi connectivity index (χ0v) is 6.64. The molecule has 0 radical (unpaired) electrons. The molecule has 0 aliphatic heterocycles. The molecule has 0 spiro atoms. The third-order valence-corrected chi connectivity index (χ3v) is 1.24. The molecule has 0 saturated heterocycles. The van der Waals surface area contributed by atoms with Crippen LogP contribution in [0.2, 0.25) is 0 Å². The number of imidazole rings is 1. The number of hydrogen-bond acceptors (Lipinski definition) is 3. The summed E-state index contributed by atoms with van der Waals surface area (Å²) in [6.07, 6.45) is 1.59. The highest BCUT2D eigenvalue weighted by Gasteiger charge is 2.02. The van der Waals surface area contributed by atoms with Gasteiger partial charge in [0.15, 0.2) is 0 Å². The van der Waals surface area contributed by atoms with E-state index in [1.807, 2.05) is 13.8 Å². The van der Waals surface area contributed by atoms with Crippen LogP contribution in [0.4, 0.5) is 0 Å². The summed E-state index contributed by atoms with van der Waals surface area (Å²) < 4.78 is 4.95. The van der Waals surface area contributed by atoms with Crippen molar-refractivity contribution >= 4 is 5.90 Å². The Bertz CT molecular complexity index is 254. The fourth-order valence-electron chi connectivity index (χ4n) is 0.758. The Labute approximate surface area is 65.1 Å². The second-order valence-corrected chi connectivity index (χ2v) is 2.14. The zero-order valence-electron chi connectivity index (χ0n) is 6.64. The van der Waals surface area contributed by atoms with Crippen LogP contribution < -0.4 is 0 Å². The average molecular weight is 153 g/mol. The Kier molecular flexibility index (Phi) is 2.25. The van der Waals surface area contributed by atoms with Crippen LogP contribution in [0.3, 0.4) is 0 Å². The summed E-state index contributed by atoms with van der Waals surface area (Å²) in [4.78, 5) is 6.84. The summed E-state index contributed by atoms with van der Waals surface area (Å²) in [5.41, 5.74) is 0.629. The van der Waals surface area contributed by atoms with Crippen molar-refractivity contribution in [2.45, 2.75) is 13.8 Å². The first-order valence-corrected chi connectivity index (χ1v) is 3.47. The Hall–Kier alpha value is -1.32. The maximum Gasteiger partial charge on any atom is 0.231 e. The van der Waals surface area contributed by atoms with Crippen molar-refractivity contribution in [3.8, 4) is 0 Å². The van der Waals surface area contributed by atoms with E-state index >= 15 is 0 Å². The van der Waals surface area contributed by atoms with Crippen LogP contribution >= 0.6 is 0 Å². The minimum atomic E-state index is 0.146. The summed E-state index contributed by atoms with van der Waals surface area (Å²) in [5, 5.41) is 7.35. The highest BCUT2D eigenvalue weighted by atomic mass is 16.5. The van der Waals surface area contributed by atoms with Gasteiger partial charge in [-0.15, -0.1) is 0 Å². The molecule has 0 amide bonds.